The van der Waals surface area contributed by atoms with Gasteiger partial charge in [0.1, 0.15) is 5.78 Å². The van der Waals surface area contributed by atoms with E-state index in [1.807, 2.05) is 0 Å². The molecule has 1 atom stereocenters. The summed E-state index contributed by atoms with van der Waals surface area (Å²) in [6.07, 6.45) is 0. The van der Waals surface area contributed by atoms with Crippen molar-refractivity contribution in [2.45, 2.75) is 25.3 Å². The monoisotopic (exact) mass is 314 g/mol. The molecule has 4 nitrogen and oxygen atoms in total. The van der Waals surface area contributed by atoms with Gasteiger partial charge in [-0.05, 0) is 31.0 Å². The molecule has 0 saturated heterocycles. The van der Waals surface area contributed by atoms with Crippen LogP contribution in [0.3, 0.4) is 0 Å². The maximum Gasteiger partial charge on any atom is 0.338 e. The minimum absolute atomic E-state index is 0.0997. The molecule has 0 spiro atoms. The van der Waals surface area contributed by atoms with Crippen molar-refractivity contribution >= 4 is 27.7 Å². The molecular formula is C13H15BrO4. The number of benzene rings is 1. The Kier molecular flexibility index (Phi) is 5.50. The highest BCUT2D eigenvalue weighted by molar-refractivity contribution is 9.09. The maximum absolute atomic E-state index is 11.8. The number of esters is 1. The molecule has 0 radical (unpaired) electrons. The molecule has 0 heterocycles. The second-order valence-electron chi connectivity index (χ2n) is 3.77. The van der Waals surface area contributed by atoms with E-state index in [4.69, 9.17) is 9.84 Å². The van der Waals surface area contributed by atoms with Crippen molar-refractivity contribution in [3.63, 3.8) is 0 Å². The molecule has 0 aromatic heterocycles. The fourth-order valence-electron chi connectivity index (χ4n) is 1.53. The topological polar surface area (TPSA) is 63.6 Å². The Morgan fingerprint density at radius 2 is 2.11 bits per heavy atom. The smallest absolute Gasteiger partial charge is 0.338 e. The van der Waals surface area contributed by atoms with Gasteiger partial charge in [0.25, 0.3) is 0 Å². The average molecular weight is 315 g/mol. The number of carbonyl (C=O) groups is 2. The number of rotatable bonds is 5. The van der Waals surface area contributed by atoms with Crippen molar-refractivity contribution in [1.29, 1.82) is 0 Å². The van der Waals surface area contributed by atoms with Gasteiger partial charge in [-0.2, -0.15) is 0 Å². The lowest BCUT2D eigenvalue weighted by Gasteiger charge is -2.13. The van der Waals surface area contributed by atoms with Crippen LogP contribution in [0.15, 0.2) is 18.2 Å². The Morgan fingerprint density at radius 3 is 2.61 bits per heavy atom. The van der Waals surface area contributed by atoms with E-state index in [0.29, 0.717) is 16.7 Å². The summed E-state index contributed by atoms with van der Waals surface area (Å²) in [5.41, 5.74) is 1.46. The van der Waals surface area contributed by atoms with E-state index in [0.717, 1.165) is 0 Å². The van der Waals surface area contributed by atoms with Gasteiger partial charge in [0, 0.05) is 0 Å². The molecule has 0 aliphatic rings. The molecule has 1 aromatic carbocycles. The summed E-state index contributed by atoms with van der Waals surface area (Å²) < 4.78 is 4.95. The number of alkyl halides is 1. The number of aliphatic hydroxyl groups is 1. The maximum atomic E-state index is 11.8. The van der Waals surface area contributed by atoms with Gasteiger partial charge in [-0.1, -0.05) is 28.1 Å². The van der Waals surface area contributed by atoms with Crippen LogP contribution in [0.2, 0.25) is 0 Å². The number of carbonyl (C=O) groups excluding carboxylic acids is 2. The summed E-state index contributed by atoms with van der Waals surface area (Å²) in [5, 5.41) is 9.08. The number of hydrogen-bond acceptors (Lipinski definition) is 4. The summed E-state index contributed by atoms with van der Waals surface area (Å²) in [7, 11) is 0. The molecule has 0 bridgehead atoms. The van der Waals surface area contributed by atoms with E-state index < -0.39 is 10.8 Å². The molecule has 1 unspecified atom stereocenters. The normalized spacial score (nSPS) is 12.0. The van der Waals surface area contributed by atoms with E-state index in [1.54, 1.807) is 25.1 Å². The Balaban J connectivity index is 3.24. The van der Waals surface area contributed by atoms with E-state index in [2.05, 4.69) is 15.9 Å². The SMILES string of the molecule is CCOC(=O)c1cc(CO)ccc1C(Br)C(C)=O. The van der Waals surface area contributed by atoms with Crippen molar-refractivity contribution in [2.75, 3.05) is 6.61 Å². The van der Waals surface area contributed by atoms with Crippen LogP contribution in [0.5, 0.6) is 0 Å². The van der Waals surface area contributed by atoms with E-state index in [9.17, 15) is 9.59 Å². The standard InChI is InChI=1S/C13H15BrO4/c1-3-18-13(17)11-6-9(7-15)4-5-10(11)12(14)8(2)16/h4-6,12,15H,3,7H2,1-2H3. The molecule has 0 saturated carbocycles. The predicted octanol–water partition coefficient (Wildman–Crippen LogP) is 2.38. The lowest BCUT2D eigenvalue weighted by molar-refractivity contribution is -0.116. The zero-order valence-electron chi connectivity index (χ0n) is 10.3. The number of hydrogen-bond donors (Lipinski definition) is 1. The second kappa shape index (κ2) is 6.66. The number of ether oxygens (including phenoxy) is 1. The van der Waals surface area contributed by atoms with Crippen LogP contribution in [-0.2, 0) is 16.1 Å². The predicted molar refractivity (Wildman–Crippen MR) is 70.7 cm³/mol. The molecule has 1 N–H and O–H groups in total. The van der Waals surface area contributed by atoms with Gasteiger partial charge in [0.05, 0.1) is 23.6 Å². The van der Waals surface area contributed by atoms with Crippen molar-refractivity contribution in [3.8, 4) is 0 Å². The van der Waals surface area contributed by atoms with Crippen LogP contribution in [0.4, 0.5) is 0 Å². The molecule has 0 fully saturated rings. The third-order valence-corrected chi connectivity index (χ3v) is 3.56. The van der Waals surface area contributed by atoms with Crippen molar-refractivity contribution in [3.05, 3.63) is 34.9 Å². The molecule has 1 rings (SSSR count). The summed E-state index contributed by atoms with van der Waals surface area (Å²) in [6.45, 7) is 3.24. The first-order chi connectivity index (χ1) is 8.51. The first-order valence-electron chi connectivity index (χ1n) is 5.56. The van der Waals surface area contributed by atoms with Crippen LogP contribution in [0.1, 0.15) is 40.2 Å². The molecule has 5 heteroatoms. The van der Waals surface area contributed by atoms with Gasteiger partial charge < -0.3 is 9.84 Å². The molecule has 0 amide bonds. The number of ketones is 1. The van der Waals surface area contributed by atoms with Crippen LogP contribution in [0, 0.1) is 0 Å². The van der Waals surface area contributed by atoms with Crippen LogP contribution < -0.4 is 0 Å². The van der Waals surface area contributed by atoms with Gasteiger partial charge in [-0.15, -0.1) is 0 Å². The lowest BCUT2D eigenvalue weighted by atomic mass is 10.00. The van der Waals surface area contributed by atoms with Crippen LogP contribution in [-0.4, -0.2) is 23.5 Å². The van der Waals surface area contributed by atoms with Gasteiger partial charge in [-0.25, -0.2) is 4.79 Å². The van der Waals surface area contributed by atoms with Gasteiger partial charge in [0.15, 0.2) is 0 Å². The molecule has 1 aromatic rings. The van der Waals surface area contributed by atoms with Crippen molar-refractivity contribution in [2.24, 2.45) is 0 Å². The molecule has 18 heavy (non-hydrogen) atoms. The fourth-order valence-corrected chi connectivity index (χ4v) is 1.93. The average Bonchev–Trinajstić information content (AvgIpc) is 2.37. The van der Waals surface area contributed by atoms with Crippen molar-refractivity contribution in [1.82, 2.24) is 0 Å². The Hall–Kier alpha value is -1.20. The highest BCUT2D eigenvalue weighted by Crippen LogP contribution is 2.28. The largest absolute Gasteiger partial charge is 0.462 e. The van der Waals surface area contributed by atoms with E-state index in [-0.39, 0.29) is 19.0 Å². The third-order valence-electron chi connectivity index (χ3n) is 2.43. The van der Waals surface area contributed by atoms with E-state index >= 15 is 0 Å². The highest BCUT2D eigenvalue weighted by atomic mass is 79.9. The quantitative estimate of drug-likeness (QED) is 0.669. The van der Waals surface area contributed by atoms with E-state index in [1.165, 1.54) is 6.92 Å². The number of aliphatic hydroxyl groups excluding tert-OH is 1. The minimum atomic E-state index is -0.551. The molecule has 98 valence electrons. The van der Waals surface area contributed by atoms with Crippen LogP contribution >= 0.6 is 15.9 Å². The minimum Gasteiger partial charge on any atom is -0.462 e. The van der Waals surface area contributed by atoms with Gasteiger partial charge in [0.2, 0.25) is 0 Å². The summed E-state index contributed by atoms with van der Waals surface area (Å²) in [4.78, 5) is 22.7. The molecule has 0 aliphatic heterocycles. The second-order valence-corrected chi connectivity index (χ2v) is 4.69. The first kappa shape index (κ1) is 14.9. The zero-order valence-corrected chi connectivity index (χ0v) is 11.9. The molecule has 0 aliphatic carbocycles. The Morgan fingerprint density at radius 1 is 1.44 bits per heavy atom. The fraction of sp³-hybridized carbons (Fsp3) is 0.385. The summed E-state index contributed by atoms with van der Waals surface area (Å²) in [6, 6.07) is 4.87. The Labute approximate surface area is 114 Å². The zero-order chi connectivity index (χ0) is 13.7. The third kappa shape index (κ3) is 3.40. The van der Waals surface area contributed by atoms with Gasteiger partial charge in [-0.3, -0.25) is 4.79 Å². The lowest BCUT2D eigenvalue weighted by Crippen LogP contribution is -2.12. The van der Waals surface area contributed by atoms with Crippen molar-refractivity contribution < 1.29 is 19.4 Å². The Bertz CT molecular complexity index is 456. The highest BCUT2D eigenvalue weighted by Gasteiger charge is 2.21. The summed E-state index contributed by atoms with van der Waals surface area (Å²) in [5.74, 6) is -0.592. The number of Topliss-reactive ketones (excluding diaryl/α,β-unsaturated/α-hetero) is 1. The summed E-state index contributed by atoms with van der Waals surface area (Å²) >= 11 is 3.25. The van der Waals surface area contributed by atoms with Crippen LogP contribution in [0.25, 0.3) is 0 Å². The van der Waals surface area contributed by atoms with Gasteiger partial charge >= 0.3 is 5.97 Å². The number of halogens is 1. The molecular weight excluding hydrogens is 300 g/mol. The first-order valence-corrected chi connectivity index (χ1v) is 6.48.